The second-order valence-corrected chi connectivity index (χ2v) is 3.54. The maximum atomic E-state index is 10.9. The molecule has 0 fully saturated rings. The molecule has 0 aliphatic carbocycles. The predicted octanol–water partition coefficient (Wildman–Crippen LogP) is 1.64. The number of benzene rings is 1. The topological polar surface area (TPSA) is 64.4 Å². The average molecular weight is 232 g/mol. The molecule has 0 aliphatic heterocycles. The number of ether oxygens (including phenoxy) is 1. The van der Waals surface area contributed by atoms with Gasteiger partial charge in [-0.15, -0.1) is 5.10 Å². The van der Waals surface area contributed by atoms with Crippen LogP contribution in [0.25, 0.3) is 0 Å². The lowest BCUT2D eigenvalue weighted by Gasteiger charge is -2.00. The first-order valence-corrected chi connectivity index (χ1v) is 5.09. The molecule has 0 spiro atoms. The first-order valence-electron chi connectivity index (χ1n) is 5.09. The van der Waals surface area contributed by atoms with Gasteiger partial charge in [-0.2, -0.15) is 0 Å². The van der Waals surface area contributed by atoms with Gasteiger partial charge >= 0.3 is 5.97 Å². The molecule has 1 N–H and O–H groups in total. The van der Waals surface area contributed by atoms with Gasteiger partial charge in [0.15, 0.2) is 0 Å². The highest BCUT2D eigenvalue weighted by Gasteiger charge is 2.15. The van der Waals surface area contributed by atoms with E-state index in [-0.39, 0.29) is 11.4 Å². The standard InChI is InChI=1S/C12H12N2O3/c1-17-11-10(12(15)16)8-14(13-11)7-9-5-3-2-4-6-9/h2-6,8H,7H2,1H3,(H,15,16). The Labute approximate surface area is 98.3 Å². The smallest absolute Gasteiger partial charge is 0.342 e. The third kappa shape index (κ3) is 2.44. The maximum Gasteiger partial charge on any atom is 0.342 e. The van der Waals surface area contributed by atoms with E-state index in [1.165, 1.54) is 13.3 Å². The van der Waals surface area contributed by atoms with Gasteiger partial charge in [0.1, 0.15) is 5.56 Å². The van der Waals surface area contributed by atoms with Crippen LogP contribution in [0.1, 0.15) is 15.9 Å². The number of hydrogen-bond acceptors (Lipinski definition) is 3. The highest BCUT2D eigenvalue weighted by atomic mass is 16.5. The molecule has 0 bridgehead atoms. The van der Waals surface area contributed by atoms with Crippen LogP contribution < -0.4 is 4.74 Å². The molecule has 0 atom stereocenters. The fourth-order valence-corrected chi connectivity index (χ4v) is 1.55. The average Bonchev–Trinajstić information content (AvgIpc) is 2.73. The van der Waals surface area contributed by atoms with Crippen molar-refractivity contribution in [3.63, 3.8) is 0 Å². The summed E-state index contributed by atoms with van der Waals surface area (Å²) in [5.74, 6) is -0.908. The third-order valence-corrected chi connectivity index (χ3v) is 2.34. The Morgan fingerprint density at radius 3 is 2.65 bits per heavy atom. The van der Waals surface area contributed by atoms with E-state index in [9.17, 15) is 4.79 Å². The molecule has 2 aromatic rings. The summed E-state index contributed by atoms with van der Waals surface area (Å²) in [6, 6.07) is 9.68. The molecule has 1 aromatic heterocycles. The van der Waals surface area contributed by atoms with Crippen molar-refractivity contribution in [2.75, 3.05) is 7.11 Å². The Bertz CT molecular complexity index is 520. The molecule has 0 saturated carbocycles. The van der Waals surface area contributed by atoms with Gasteiger partial charge in [0.25, 0.3) is 0 Å². The van der Waals surface area contributed by atoms with Crippen molar-refractivity contribution in [3.05, 3.63) is 47.7 Å². The summed E-state index contributed by atoms with van der Waals surface area (Å²) in [7, 11) is 1.40. The van der Waals surface area contributed by atoms with E-state index < -0.39 is 5.97 Å². The van der Waals surface area contributed by atoms with Crippen molar-refractivity contribution in [2.24, 2.45) is 0 Å². The Balaban J connectivity index is 2.26. The quantitative estimate of drug-likeness (QED) is 0.870. The summed E-state index contributed by atoms with van der Waals surface area (Å²) < 4.78 is 6.47. The lowest BCUT2D eigenvalue weighted by molar-refractivity contribution is 0.0693. The minimum atomic E-state index is -1.04. The Hall–Kier alpha value is -2.30. The zero-order valence-electron chi connectivity index (χ0n) is 9.33. The van der Waals surface area contributed by atoms with E-state index in [1.807, 2.05) is 30.3 Å². The van der Waals surface area contributed by atoms with Crippen molar-refractivity contribution in [2.45, 2.75) is 6.54 Å². The summed E-state index contributed by atoms with van der Waals surface area (Å²) >= 11 is 0. The van der Waals surface area contributed by atoms with Crippen LogP contribution in [-0.4, -0.2) is 28.0 Å². The van der Waals surface area contributed by atoms with Gasteiger partial charge in [-0.3, -0.25) is 4.68 Å². The summed E-state index contributed by atoms with van der Waals surface area (Å²) in [4.78, 5) is 10.9. The van der Waals surface area contributed by atoms with Crippen molar-refractivity contribution < 1.29 is 14.6 Å². The maximum absolute atomic E-state index is 10.9. The summed E-state index contributed by atoms with van der Waals surface area (Å²) in [5, 5.41) is 13.0. The van der Waals surface area contributed by atoms with Crippen LogP contribution in [0.2, 0.25) is 0 Å². The van der Waals surface area contributed by atoms with E-state index in [0.717, 1.165) is 5.56 Å². The fraction of sp³-hybridized carbons (Fsp3) is 0.167. The van der Waals surface area contributed by atoms with Crippen LogP contribution >= 0.6 is 0 Å². The van der Waals surface area contributed by atoms with Gasteiger partial charge in [0.05, 0.1) is 13.7 Å². The fourth-order valence-electron chi connectivity index (χ4n) is 1.55. The van der Waals surface area contributed by atoms with Crippen LogP contribution in [-0.2, 0) is 6.54 Å². The van der Waals surface area contributed by atoms with Crippen LogP contribution in [0.5, 0.6) is 5.88 Å². The number of rotatable bonds is 4. The monoisotopic (exact) mass is 232 g/mol. The number of carbonyl (C=O) groups is 1. The molecule has 1 heterocycles. The van der Waals surface area contributed by atoms with Gasteiger partial charge in [-0.1, -0.05) is 30.3 Å². The Kier molecular flexibility index (Phi) is 3.09. The van der Waals surface area contributed by atoms with Crippen molar-refractivity contribution in [1.82, 2.24) is 9.78 Å². The molecular weight excluding hydrogens is 220 g/mol. The molecule has 0 unspecified atom stereocenters. The van der Waals surface area contributed by atoms with Crippen molar-refractivity contribution in [3.8, 4) is 5.88 Å². The molecule has 5 heteroatoms. The van der Waals surface area contributed by atoms with Crippen molar-refractivity contribution in [1.29, 1.82) is 0 Å². The van der Waals surface area contributed by atoms with E-state index in [0.29, 0.717) is 6.54 Å². The summed E-state index contributed by atoms with van der Waals surface area (Å²) in [6.45, 7) is 0.518. The van der Waals surface area contributed by atoms with Gasteiger partial charge in [-0.05, 0) is 5.56 Å². The van der Waals surface area contributed by atoms with Gasteiger partial charge in [0, 0.05) is 6.20 Å². The number of aromatic nitrogens is 2. The second-order valence-electron chi connectivity index (χ2n) is 3.54. The van der Waals surface area contributed by atoms with Gasteiger partial charge in [0.2, 0.25) is 5.88 Å². The minimum Gasteiger partial charge on any atom is -0.479 e. The molecule has 5 nitrogen and oxygen atoms in total. The number of carboxylic acids is 1. The lowest BCUT2D eigenvalue weighted by Crippen LogP contribution is -2.00. The number of methoxy groups -OCH3 is 1. The molecule has 2 rings (SSSR count). The normalized spacial score (nSPS) is 10.2. The van der Waals surface area contributed by atoms with Gasteiger partial charge in [-0.25, -0.2) is 4.79 Å². The Morgan fingerprint density at radius 2 is 2.12 bits per heavy atom. The van der Waals surface area contributed by atoms with Crippen LogP contribution in [0.3, 0.4) is 0 Å². The second kappa shape index (κ2) is 4.69. The number of hydrogen-bond donors (Lipinski definition) is 1. The van der Waals surface area contributed by atoms with Crippen LogP contribution in [0.15, 0.2) is 36.5 Å². The van der Waals surface area contributed by atoms with E-state index >= 15 is 0 Å². The molecule has 88 valence electrons. The third-order valence-electron chi connectivity index (χ3n) is 2.34. The van der Waals surface area contributed by atoms with E-state index in [2.05, 4.69) is 5.10 Å². The first kappa shape index (κ1) is 11.2. The van der Waals surface area contributed by atoms with E-state index in [4.69, 9.17) is 9.84 Å². The lowest BCUT2D eigenvalue weighted by atomic mass is 10.2. The highest BCUT2D eigenvalue weighted by Crippen LogP contribution is 2.16. The van der Waals surface area contributed by atoms with Crippen molar-refractivity contribution >= 4 is 5.97 Å². The molecule has 0 radical (unpaired) electrons. The summed E-state index contributed by atoms with van der Waals surface area (Å²) in [5.41, 5.74) is 1.12. The molecule has 17 heavy (non-hydrogen) atoms. The zero-order valence-corrected chi connectivity index (χ0v) is 9.33. The molecule has 1 aromatic carbocycles. The SMILES string of the molecule is COc1nn(Cc2ccccc2)cc1C(=O)O. The largest absolute Gasteiger partial charge is 0.479 e. The predicted molar refractivity (Wildman–Crippen MR) is 61.3 cm³/mol. The number of carboxylic acid groups (broad SMARTS) is 1. The molecule has 0 saturated heterocycles. The molecule has 0 aliphatic rings. The molecular formula is C12H12N2O3. The molecule has 0 amide bonds. The van der Waals surface area contributed by atoms with E-state index in [1.54, 1.807) is 4.68 Å². The highest BCUT2D eigenvalue weighted by molar-refractivity contribution is 5.89. The minimum absolute atomic E-state index is 0.0726. The van der Waals surface area contributed by atoms with Crippen LogP contribution in [0, 0.1) is 0 Å². The van der Waals surface area contributed by atoms with Crippen LogP contribution in [0.4, 0.5) is 0 Å². The van der Waals surface area contributed by atoms with Gasteiger partial charge < -0.3 is 9.84 Å². The summed E-state index contributed by atoms with van der Waals surface area (Å²) in [6.07, 6.45) is 1.47. The zero-order chi connectivity index (χ0) is 12.3. The Morgan fingerprint density at radius 1 is 1.41 bits per heavy atom. The number of nitrogens with zero attached hydrogens (tertiary/aromatic N) is 2. The first-order chi connectivity index (χ1) is 8.20. The number of aromatic carboxylic acids is 1.